The van der Waals surface area contributed by atoms with Crippen LogP contribution >= 0.6 is 0 Å². The van der Waals surface area contributed by atoms with Gasteiger partial charge in [0.1, 0.15) is 18.7 Å². The highest BCUT2D eigenvalue weighted by Crippen LogP contribution is 2.05. The highest BCUT2D eigenvalue weighted by Gasteiger charge is 2.09. The molecule has 0 spiro atoms. The summed E-state index contributed by atoms with van der Waals surface area (Å²) in [6.45, 7) is 0.0549. The van der Waals surface area contributed by atoms with Gasteiger partial charge in [0.2, 0.25) is 0 Å². The fourth-order valence-electron chi connectivity index (χ4n) is 1.81. The van der Waals surface area contributed by atoms with Gasteiger partial charge in [0.15, 0.2) is 5.78 Å². The SMILES string of the molecule is O=C(CCc1ccccc1)Cn1ncnc1CS(=O)[O-]. The average Bonchev–Trinajstić information content (AvgIpc) is 2.84. The molecule has 7 heteroatoms. The van der Waals surface area contributed by atoms with E-state index in [2.05, 4.69) is 10.1 Å². The number of hydrogen-bond donors (Lipinski definition) is 0. The van der Waals surface area contributed by atoms with Crippen LogP contribution in [0.2, 0.25) is 0 Å². The fraction of sp³-hybridized carbons (Fsp3) is 0.308. The normalized spacial score (nSPS) is 12.2. The molecule has 0 aliphatic carbocycles. The first-order valence-electron chi connectivity index (χ1n) is 6.13. The molecule has 0 saturated heterocycles. The quantitative estimate of drug-likeness (QED) is 0.706. The number of ketones is 1. The van der Waals surface area contributed by atoms with Crippen LogP contribution in [0.1, 0.15) is 17.8 Å². The lowest BCUT2D eigenvalue weighted by molar-refractivity contribution is -0.119. The third-order valence-electron chi connectivity index (χ3n) is 2.80. The van der Waals surface area contributed by atoms with Gasteiger partial charge in [-0.25, -0.2) is 9.67 Å². The van der Waals surface area contributed by atoms with E-state index in [1.165, 1.54) is 11.0 Å². The first-order chi connectivity index (χ1) is 9.65. The van der Waals surface area contributed by atoms with Gasteiger partial charge < -0.3 is 4.55 Å². The van der Waals surface area contributed by atoms with Gasteiger partial charge in [-0.15, -0.1) is 0 Å². The first-order valence-corrected chi connectivity index (χ1v) is 7.37. The molecule has 106 valence electrons. The molecule has 0 bridgehead atoms. The first kappa shape index (κ1) is 14.5. The molecule has 0 N–H and O–H groups in total. The maximum Gasteiger partial charge on any atom is 0.154 e. The molecule has 6 nitrogen and oxygen atoms in total. The van der Waals surface area contributed by atoms with Crippen molar-refractivity contribution in [2.75, 3.05) is 0 Å². The Labute approximate surface area is 119 Å². The smallest absolute Gasteiger partial charge is 0.154 e. The number of carbonyl (C=O) groups excluding carboxylic acids is 1. The van der Waals surface area contributed by atoms with Crippen molar-refractivity contribution in [1.29, 1.82) is 0 Å². The summed E-state index contributed by atoms with van der Waals surface area (Å²) in [4.78, 5) is 15.7. The van der Waals surface area contributed by atoms with E-state index in [0.29, 0.717) is 12.8 Å². The Bertz CT molecular complexity index is 598. The lowest BCUT2D eigenvalue weighted by Gasteiger charge is -2.07. The molecule has 20 heavy (non-hydrogen) atoms. The zero-order valence-corrected chi connectivity index (χ0v) is 11.6. The molecule has 1 aromatic heterocycles. The number of hydrogen-bond acceptors (Lipinski definition) is 5. The second kappa shape index (κ2) is 7.06. The second-order valence-corrected chi connectivity index (χ2v) is 5.20. The Hall–Kier alpha value is -1.86. The van der Waals surface area contributed by atoms with E-state index in [1.807, 2.05) is 30.3 Å². The summed E-state index contributed by atoms with van der Waals surface area (Å²) in [6, 6.07) is 9.72. The number of nitrogens with zero attached hydrogens (tertiary/aromatic N) is 3. The molecule has 0 aliphatic heterocycles. The van der Waals surface area contributed by atoms with Crippen molar-refractivity contribution in [3.8, 4) is 0 Å². The van der Waals surface area contributed by atoms with Gasteiger partial charge >= 0.3 is 0 Å². The average molecular weight is 292 g/mol. The molecule has 0 radical (unpaired) electrons. The zero-order valence-electron chi connectivity index (χ0n) is 10.8. The lowest BCUT2D eigenvalue weighted by Crippen LogP contribution is -2.15. The standard InChI is InChI=1S/C13H15N3O3S/c17-12(7-6-11-4-2-1-3-5-11)8-16-13(9-20(18)19)14-10-15-16/h1-5,10H,6-9H2,(H,18,19)/p-1. The van der Waals surface area contributed by atoms with E-state index >= 15 is 0 Å². The Balaban J connectivity index is 1.88. The molecule has 1 heterocycles. The molecule has 1 atom stereocenters. The van der Waals surface area contributed by atoms with Gasteiger partial charge in [0.05, 0.1) is 5.75 Å². The largest absolute Gasteiger partial charge is 0.772 e. The number of benzene rings is 1. The van der Waals surface area contributed by atoms with Crippen LogP contribution < -0.4 is 0 Å². The number of aromatic nitrogens is 3. The number of rotatable bonds is 7. The van der Waals surface area contributed by atoms with E-state index in [-0.39, 0.29) is 23.9 Å². The van der Waals surface area contributed by atoms with Crippen LogP contribution in [0.15, 0.2) is 36.7 Å². The molecule has 1 unspecified atom stereocenters. The monoisotopic (exact) mass is 292 g/mol. The predicted octanol–water partition coefficient (Wildman–Crippen LogP) is 0.859. The highest BCUT2D eigenvalue weighted by atomic mass is 32.2. The van der Waals surface area contributed by atoms with Crippen molar-refractivity contribution in [2.24, 2.45) is 0 Å². The van der Waals surface area contributed by atoms with Crippen LogP contribution in [0.5, 0.6) is 0 Å². The molecular formula is C13H14N3O3S-. The van der Waals surface area contributed by atoms with Crippen LogP contribution in [0.25, 0.3) is 0 Å². The lowest BCUT2D eigenvalue weighted by atomic mass is 10.1. The summed E-state index contributed by atoms with van der Waals surface area (Å²) >= 11 is -2.24. The molecule has 0 saturated carbocycles. The molecule has 2 aromatic rings. The minimum atomic E-state index is -2.24. The van der Waals surface area contributed by atoms with Crippen molar-refractivity contribution in [2.45, 2.75) is 25.1 Å². The zero-order chi connectivity index (χ0) is 14.4. The van der Waals surface area contributed by atoms with Crippen LogP contribution in [0.3, 0.4) is 0 Å². The van der Waals surface area contributed by atoms with Gasteiger partial charge in [-0.05, 0) is 23.1 Å². The highest BCUT2D eigenvalue weighted by molar-refractivity contribution is 7.78. The van der Waals surface area contributed by atoms with Crippen LogP contribution in [0, 0.1) is 0 Å². The summed E-state index contributed by atoms with van der Waals surface area (Å²) in [7, 11) is 0. The molecule has 0 fully saturated rings. The van der Waals surface area contributed by atoms with Crippen molar-refractivity contribution in [1.82, 2.24) is 14.8 Å². The maximum absolute atomic E-state index is 11.9. The molecule has 0 amide bonds. The third-order valence-corrected chi connectivity index (χ3v) is 3.30. The summed E-state index contributed by atoms with van der Waals surface area (Å²) in [6.07, 6.45) is 2.31. The summed E-state index contributed by atoms with van der Waals surface area (Å²) < 4.78 is 22.6. The maximum atomic E-state index is 11.9. The third kappa shape index (κ3) is 4.36. The van der Waals surface area contributed by atoms with E-state index in [4.69, 9.17) is 0 Å². The minimum Gasteiger partial charge on any atom is -0.772 e. The summed E-state index contributed by atoms with van der Waals surface area (Å²) in [5.41, 5.74) is 1.10. The fourth-order valence-corrected chi connectivity index (χ4v) is 2.25. The Morgan fingerprint density at radius 3 is 2.75 bits per heavy atom. The van der Waals surface area contributed by atoms with Gasteiger partial charge in [-0.3, -0.25) is 9.00 Å². The number of aryl methyl sites for hydroxylation is 1. The van der Waals surface area contributed by atoms with Crippen molar-refractivity contribution < 1.29 is 13.6 Å². The molecular weight excluding hydrogens is 278 g/mol. The summed E-state index contributed by atoms with van der Waals surface area (Å²) in [5, 5.41) is 3.88. The van der Waals surface area contributed by atoms with Crippen LogP contribution in [-0.4, -0.2) is 29.3 Å². The summed E-state index contributed by atoms with van der Waals surface area (Å²) in [5.74, 6) is 0.0510. The van der Waals surface area contributed by atoms with Gasteiger partial charge in [0.25, 0.3) is 0 Å². The number of Topliss-reactive ketones (excluding diaryl/α,β-unsaturated/α-hetero) is 1. The van der Waals surface area contributed by atoms with E-state index in [0.717, 1.165) is 5.56 Å². The van der Waals surface area contributed by atoms with E-state index in [1.54, 1.807) is 0 Å². The minimum absolute atomic E-state index is 0.00251. The van der Waals surface area contributed by atoms with E-state index < -0.39 is 11.1 Å². The van der Waals surface area contributed by atoms with Crippen molar-refractivity contribution in [3.63, 3.8) is 0 Å². The predicted molar refractivity (Wildman–Crippen MR) is 72.4 cm³/mol. The Morgan fingerprint density at radius 1 is 1.30 bits per heavy atom. The molecule has 2 rings (SSSR count). The number of carbonyl (C=O) groups is 1. The van der Waals surface area contributed by atoms with Gasteiger partial charge in [-0.1, -0.05) is 30.3 Å². The molecule has 1 aromatic carbocycles. The molecule has 0 aliphatic rings. The van der Waals surface area contributed by atoms with Crippen molar-refractivity contribution in [3.05, 3.63) is 48.0 Å². The van der Waals surface area contributed by atoms with E-state index in [9.17, 15) is 13.6 Å². The topological polar surface area (TPSA) is 87.9 Å². The van der Waals surface area contributed by atoms with Crippen LogP contribution in [-0.2, 0) is 34.6 Å². The Kier molecular flexibility index (Phi) is 5.14. The Morgan fingerprint density at radius 2 is 2.05 bits per heavy atom. The van der Waals surface area contributed by atoms with Crippen LogP contribution in [0.4, 0.5) is 0 Å². The van der Waals surface area contributed by atoms with Crippen molar-refractivity contribution >= 4 is 16.9 Å². The van der Waals surface area contributed by atoms with Gasteiger partial charge in [0, 0.05) is 6.42 Å². The van der Waals surface area contributed by atoms with Gasteiger partial charge in [-0.2, -0.15) is 5.10 Å². The second-order valence-electron chi connectivity index (χ2n) is 4.31.